The lowest BCUT2D eigenvalue weighted by Gasteiger charge is -2.18. The zero-order chi connectivity index (χ0) is 50.7. The fraction of sp³-hybridized carbons (Fsp3) is 0.703. The second kappa shape index (κ2) is 57.9. The van der Waals surface area contributed by atoms with Crippen LogP contribution >= 0.6 is 0 Å². The molecule has 6 heteroatoms. The predicted molar refractivity (Wildman–Crippen MR) is 302 cm³/mol. The van der Waals surface area contributed by atoms with Gasteiger partial charge in [-0.05, 0) is 103 Å². The third-order valence-electron chi connectivity index (χ3n) is 12.3. The molecule has 0 spiro atoms. The third-order valence-corrected chi connectivity index (χ3v) is 12.3. The van der Waals surface area contributed by atoms with Crippen LogP contribution in [0.15, 0.2) is 97.2 Å². The summed E-state index contributed by atoms with van der Waals surface area (Å²) in [5, 5.41) is 0. The molecule has 6 nitrogen and oxygen atoms in total. The molecule has 1 atom stereocenters. The van der Waals surface area contributed by atoms with E-state index in [4.69, 9.17) is 14.2 Å². The Morgan fingerprint density at radius 1 is 0.300 bits per heavy atom. The fourth-order valence-electron chi connectivity index (χ4n) is 7.95. The highest BCUT2D eigenvalue weighted by Gasteiger charge is 2.19. The normalized spacial score (nSPS) is 12.8. The number of allylic oxidation sites excluding steroid dienone is 16. The van der Waals surface area contributed by atoms with Crippen LogP contribution in [0, 0.1) is 0 Å². The summed E-state index contributed by atoms with van der Waals surface area (Å²) >= 11 is 0. The monoisotopic (exact) mass is 973 g/mol. The van der Waals surface area contributed by atoms with Crippen LogP contribution in [0.1, 0.15) is 271 Å². The van der Waals surface area contributed by atoms with Crippen LogP contribution in [0.2, 0.25) is 0 Å². The summed E-state index contributed by atoms with van der Waals surface area (Å²) in [6.45, 7) is 6.46. The van der Waals surface area contributed by atoms with Gasteiger partial charge in [0.25, 0.3) is 0 Å². The molecule has 0 aromatic heterocycles. The molecule has 1 unspecified atom stereocenters. The predicted octanol–water partition coefficient (Wildman–Crippen LogP) is 19.7. The first-order valence-electron chi connectivity index (χ1n) is 29.2. The first-order valence-corrected chi connectivity index (χ1v) is 29.2. The molecule has 0 N–H and O–H groups in total. The van der Waals surface area contributed by atoms with Crippen molar-refractivity contribution in [3.8, 4) is 0 Å². The van der Waals surface area contributed by atoms with E-state index in [9.17, 15) is 14.4 Å². The van der Waals surface area contributed by atoms with Crippen LogP contribution < -0.4 is 0 Å². The average Bonchev–Trinajstić information content (AvgIpc) is 3.36. The van der Waals surface area contributed by atoms with Crippen LogP contribution in [0.5, 0.6) is 0 Å². The van der Waals surface area contributed by atoms with Gasteiger partial charge >= 0.3 is 17.9 Å². The van der Waals surface area contributed by atoms with E-state index in [1.165, 1.54) is 116 Å². The van der Waals surface area contributed by atoms with Gasteiger partial charge in [0, 0.05) is 19.3 Å². The van der Waals surface area contributed by atoms with Crippen molar-refractivity contribution < 1.29 is 28.6 Å². The summed E-state index contributed by atoms with van der Waals surface area (Å²) in [5.74, 6) is -0.903. The highest BCUT2D eigenvalue weighted by molar-refractivity contribution is 5.71. The molecule has 0 aliphatic carbocycles. The standard InChI is InChI=1S/C64H108O6/c1-4-7-10-13-16-18-20-22-24-26-28-29-30-31-32-33-34-35-36-38-39-41-43-45-48-51-54-57-63(66)69-60-61(59-68-62(65)56-53-50-47-15-12-9-6-3)70-64(67)58-55-52-49-46-44-42-40-37-27-25-23-21-19-17-14-11-8-5-2/h7,10,16,18-19,21-22,24-25,27-29,31-32,34-35,61H,4-6,8-9,11-15,17,20,23,26,30,33,36-60H2,1-3H3/b10-7-,18-16-,21-19-,24-22-,27-25-,29-28-,32-31-,35-34-. The van der Waals surface area contributed by atoms with Gasteiger partial charge in [0.15, 0.2) is 6.10 Å². The molecular formula is C64H108O6. The van der Waals surface area contributed by atoms with Gasteiger partial charge in [-0.1, -0.05) is 246 Å². The van der Waals surface area contributed by atoms with E-state index in [1.54, 1.807) is 0 Å². The summed E-state index contributed by atoms with van der Waals surface area (Å²) in [4.78, 5) is 38.0. The Balaban J connectivity index is 4.21. The summed E-state index contributed by atoms with van der Waals surface area (Å²) in [7, 11) is 0. The summed E-state index contributed by atoms with van der Waals surface area (Å²) in [6, 6.07) is 0. The summed E-state index contributed by atoms with van der Waals surface area (Å²) in [6.07, 6.45) is 77.0. The Morgan fingerprint density at radius 2 is 0.557 bits per heavy atom. The van der Waals surface area contributed by atoms with Gasteiger partial charge < -0.3 is 14.2 Å². The van der Waals surface area contributed by atoms with Crippen molar-refractivity contribution in [2.75, 3.05) is 13.2 Å². The van der Waals surface area contributed by atoms with Gasteiger partial charge in [-0.2, -0.15) is 0 Å². The molecule has 400 valence electrons. The number of ether oxygens (including phenoxy) is 3. The second-order valence-corrected chi connectivity index (χ2v) is 19.2. The van der Waals surface area contributed by atoms with Crippen LogP contribution in [-0.2, 0) is 28.6 Å². The number of rotatable bonds is 52. The topological polar surface area (TPSA) is 78.9 Å². The van der Waals surface area contributed by atoms with Crippen molar-refractivity contribution in [3.05, 3.63) is 97.2 Å². The van der Waals surface area contributed by atoms with E-state index < -0.39 is 6.10 Å². The lowest BCUT2D eigenvalue weighted by atomic mass is 10.1. The zero-order valence-electron chi connectivity index (χ0n) is 45.8. The Labute approximate surface area is 432 Å². The lowest BCUT2D eigenvalue weighted by Crippen LogP contribution is -2.30. The van der Waals surface area contributed by atoms with Gasteiger partial charge in [0.05, 0.1) is 0 Å². The molecular weight excluding hydrogens is 865 g/mol. The molecule has 0 saturated carbocycles. The lowest BCUT2D eigenvalue weighted by molar-refractivity contribution is -0.167. The van der Waals surface area contributed by atoms with Crippen LogP contribution in [0.25, 0.3) is 0 Å². The Hall–Kier alpha value is -3.67. The number of carbonyl (C=O) groups is 3. The molecule has 0 aliphatic heterocycles. The smallest absolute Gasteiger partial charge is 0.306 e. The van der Waals surface area contributed by atoms with Crippen molar-refractivity contribution in [1.29, 1.82) is 0 Å². The van der Waals surface area contributed by atoms with Crippen molar-refractivity contribution in [2.24, 2.45) is 0 Å². The van der Waals surface area contributed by atoms with E-state index in [0.717, 1.165) is 116 Å². The largest absolute Gasteiger partial charge is 0.462 e. The van der Waals surface area contributed by atoms with Crippen LogP contribution in [0.4, 0.5) is 0 Å². The molecule has 0 radical (unpaired) electrons. The van der Waals surface area contributed by atoms with Crippen molar-refractivity contribution in [3.63, 3.8) is 0 Å². The third kappa shape index (κ3) is 55.3. The summed E-state index contributed by atoms with van der Waals surface area (Å²) in [5.41, 5.74) is 0. The van der Waals surface area contributed by atoms with E-state index in [-0.39, 0.29) is 31.1 Å². The molecule has 0 aromatic carbocycles. The van der Waals surface area contributed by atoms with E-state index in [1.807, 2.05) is 0 Å². The molecule has 0 saturated heterocycles. The van der Waals surface area contributed by atoms with Crippen molar-refractivity contribution in [1.82, 2.24) is 0 Å². The quantitative estimate of drug-likeness (QED) is 0.0262. The van der Waals surface area contributed by atoms with Crippen LogP contribution in [0.3, 0.4) is 0 Å². The summed E-state index contributed by atoms with van der Waals surface area (Å²) < 4.78 is 16.8. The van der Waals surface area contributed by atoms with Gasteiger partial charge in [0.1, 0.15) is 13.2 Å². The maximum absolute atomic E-state index is 12.8. The number of hydrogen-bond donors (Lipinski definition) is 0. The minimum absolute atomic E-state index is 0.0826. The maximum Gasteiger partial charge on any atom is 0.306 e. The molecule has 0 aliphatic rings. The van der Waals surface area contributed by atoms with E-state index >= 15 is 0 Å². The molecule has 0 rings (SSSR count). The molecule has 0 heterocycles. The number of unbranched alkanes of at least 4 members (excludes halogenated alkanes) is 25. The van der Waals surface area contributed by atoms with Crippen molar-refractivity contribution in [2.45, 2.75) is 277 Å². The molecule has 70 heavy (non-hydrogen) atoms. The Kier molecular flexibility index (Phi) is 54.9. The number of carbonyl (C=O) groups excluding carboxylic acids is 3. The Bertz CT molecular complexity index is 1400. The highest BCUT2D eigenvalue weighted by Crippen LogP contribution is 2.15. The van der Waals surface area contributed by atoms with Crippen LogP contribution in [-0.4, -0.2) is 37.2 Å². The molecule has 0 amide bonds. The van der Waals surface area contributed by atoms with Gasteiger partial charge in [-0.15, -0.1) is 0 Å². The van der Waals surface area contributed by atoms with Crippen molar-refractivity contribution >= 4 is 17.9 Å². The minimum Gasteiger partial charge on any atom is -0.462 e. The highest BCUT2D eigenvalue weighted by atomic mass is 16.6. The fourth-order valence-corrected chi connectivity index (χ4v) is 7.95. The maximum atomic E-state index is 12.8. The van der Waals surface area contributed by atoms with Gasteiger partial charge in [0.2, 0.25) is 0 Å². The molecule has 0 aromatic rings. The molecule has 0 fully saturated rings. The Morgan fingerprint density at radius 3 is 0.886 bits per heavy atom. The van der Waals surface area contributed by atoms with E-state index in [2.05, 4.69) is 118 Å². The second-order valence-electron chi connectivity index (χ2n) is 19.2. The van der Waals surface area contributed by atoms with E-state index in [0.29, 0.717) is 19.3 Å². The number of hydrogen-bond acceptors (Lipinski definition) is 6. The van der Waals surface area contributed by atoms with Gasteiger partial charge in [-0.25, -0.2) is 0 Å². The zero-order valence-corrected chi connectivity index (χ0v) is 45.8. The molecule has 0 bridgehead atoms. The van der Waals surface area contributed by atoms with Gasteiger partial charge in [-0.3, -0.25) is 14.4 Å². The minimum atomic E-state index is -0.783. The SMILES string of the molecule is CC/C=C\C/C=C\C/C=C\C/C=C\C/C=C\C/C=C\CCCCCCCCCCC(=O)OCC(COC(=O)CCCCCCCCC)OC(=O)CCCCCCCCC/C=C\C/C=C\CCCCCC. The number of esters is 3. The first-order chi connectivity index (χ1) is 34.5. The first kappa shape index (κ1) is 66.3. The average molecular weight is 974 g/mol.